The molecule has 1 saturated heterocycles. The van der Waals surface area contributed by atoms with E-state index >= 15 is 0 Å². The first-order valence-electron chi connectivity index (χ1n) is 11.0. The number of nitrogens with one attached hydrogen (secondary N) is 1. The summed E-state index contributed by atoms with van der Waals surface area (Å²) < 4.78 is 12.5. The van der Waals surface area contributed by atoms with Crippen LogP contribution < -0.4 is 14.8 Å². The van der Waals surface area contributed by atoms with Crippen molar-refractivity contribution in [1.82, 2.24) is 5.32 Å². The minimum Gasteiger partial charge on any atom is -0.507 e. The molecule has 2 amide bonds. The first kappa shape index (κ1) is 23.9. The van der Waals surface area contributed by atoms with E-state index in [-0.39, 0.29) is 23.5 Å². The van der Waals surface area contributed by atoms with Crippen molar-refractivity contribution in [3.05, 3.63) is 52.1 Å². The number of carbonyl (C=O) groups excluding carboxylic acids is 2. The SMILES string of the molecule is CON=C1CC(C)(COc2ccc(CC3SC(=O)NC3=O)cc2)Oc2c(C)c(C)c(O)c(C)c21. The summed E-state index contributed by atoms with van der Waals surface area (Å²) in [5.74, 6) is 1.33. The number of phenolic OH excluding ortho intramolecular Hbond substituents is 1. The average molecular weight is 485 g/mol. The molecule has 8 nitrogen and oxygen atoms in total. The number of imide groups is 1. The summed E-state index contributed by atoms with van der Waals surface area (Å²) in [6.45, 7) is 7.85. The Morgan fingerprint density at radius 3 is 2.50 bits per heavy atom. The highest BCUT2D eigenvalue weighted by Gasteiger charge is 2.39. The van der Waals surface area contributed by atoms with Gasteiger partial charge in [0.1, 0.15) is 36.6 Å². The van der Waals surface area contributed by atoms with Crippen LogP contribution in [0.1, 0.15) is 41.2 Å². The maximum absolute atomic E-state index is 11.8. The van der Waals surface area contributed by atoms with Crippen LogP contribution in [-0.4, -0.2) is 46.5 Å². The summed E-state index contributed by atoms with van der Waals surface area (Å²) in [7, 11) is 1.50. The molecule has 2 aliphatic heterocycles. The van der Waals surface area contributed by atoms with E-state index in [0.717, 1.165) is 34.0 Å². The van der Waals surface area contributed by atoms with E-state index in [1.54, 1.807) is 0 Å². The number of carbonyl (C=O) groups is 2. The number of benzene rings is 2. The second-order valence-corrected chi connectivity index (χ2v) is 10.1. The molecule has 180 valence electrons. The van der Waals surface area contributed by atoms with Gasteiger partial charge < -0.3 is 19.4 Å². The number of amides is 2. The van der Waals surface area contributed by atoms with Crippen LogP contribution in [0.5, 0.6) is 17.2 Å². The molecule has 2 aliphatic rings. The number of oxime groups is 1. The highest BCUT2D eigenvalue weighted by Crippen LogP contribution is 2.43. The number of phenols is 1. The number of ether oxygens (including phenoxy) is 2. The number of nitrogens with zero attached hydrogens (tertiary/aromatic N) is 1. The molecular weight excluding hydrogens is 456 g/mol. The normalized spacial score (nSPS) is 22.9. The molecule has 1 fully saturated rings. The van der Waals surface area contributed by atoms with Gasteiger partial charge in [-0.05, 0) is 62.9 Å². The number of fused-ring (bicyclic) bond motifs is 1. The molecular formula is C25H28N2O6S. The van der Waals surface area contributed by atoms with Crippen LogP contribution in [0.2, 0.25) is 0 Å². The van der Waals surface area contributed by atoms with Gasteiger partial charge in [0.25, 0.3) is 5.24 Å². The zero-order valence-electron chi connectivity index (χ0n) is 19.9. The molecule has 0 aromatic heterocycles. The summed E-state index contributed by atoms with van der Waals surface area (Å²) in [6.07, 6.45) is 0.915. The van der Waals surface area contributed by atoms with Gasteiger partial charge in [0.15, 0.2) is 0 Å². The number of aromatic hydroxyl groups is 1. The monoisotopic (exact) mass is 484 g/mol. The highest BCUT2D eigenvalue weighted by molar-refractivity contribution is 8.15. The topological polar surface area (TPSA) is 106 Å². The standard InChI is InChI=1S/C25H28N2O6S/c1-13-14(2)22-20(15(3)21(13)28)18(27-31-5)11-25(4,33-22)12-32-17-8-6-16(7-9-17)10-19-23(29)26-24(30)34-19/h6-9,19,28H,10-12H2,1-5H3,(H,26,29,30). The molecule has 0 radical (unpaired) electrons. The van der Waals surface area contributed by atoms with Gasteiger partial charge in [0.05, 0.1) is 11.0 Å². The van der Waals surface area contributed by atoms with Gasteiger partial charge >= 0.3 is 0 Å². The minimum atomic E-state index is -0.706. The second kappa shape index (κ2) is 9.21. The van der Waals surface area contributed by atoms with Gasteiger partial charge in [-0.2, -0.15) is 0 Å². The average Bonchev–Trinajstić information content (AvgIpc) is 3.12. The first-order chi connectivity index (χ1) is 16.1. The van der Waals surface area contributed by atoms with Gasteiger partial charge in [-0.15, -0.1) is 0 Å². The molecule has 4 rings (SSSR count). The van der Waals surface area contributed by atoms with Crippen LogP contribution in [0.4, 0.5) is 4.79 Å². The van der Waals surface area contributed by atoms with Crippen LogP contribution in [0.25, 0.3) is 0 Å². The summed E-state index contributed by atoms with van der Waals surface area (Å²) in [6, 6.07) is 7.47. The van der Waals surface area contributed by atoms with Crippen molar-refractivity contribution in [2.75, 3.05) is 13.7 Å². The molecule has 0 bridgehead atoms. The Morgan fingerprint density at radius 1 is 1.18 bits per heavy atom. The fourth-order valence-electron chi connectivity index (χ4n) is 4.27. The van der Waals surface area contributed by atoms with Gasteiger partial charge in [-0.25, -0.2) is 0 Å². The Labute approximate surface area is 202 Å². The maximum atomic E-state index is 11.8. The van der Waals surface area contributed by atoms with Crippen LogP contribution in [0.15, 0.2) is 29.4 Å². The van der Waals surface area contributed by atoms with Gasteiger partial charge in [-0.1, -0.05) is 29.1 Å². The molecule has 2 aromatic rings. The molecule has 2 atom stereocenters. The molecule has 2 heterocycles. The Hall–Kier alpha value is -3.20. The van der Waals surface area contributed by atoms with Crippen LogP contribution in [0.3, 0.4) is 0 Å². The summed E-state index contributed by atoms with van der Waals surface area (Å²) in [5, 5.41) is 16.4. The third kappa shape index (κ3) is 4.57. The lowest BCUT2D eigenvalue weighted by molar-refractivity contribution is -0.118. The van der Waals surface area contributed by atoms with Crippen LogP contribution in [0, 0.1) is 20.8 Å². The Balaban J connectivity index is 1.50. The second-order valence-electron chi connectivity index (χ2n) is 8.90. The number of hydrogen-bond acceptors (Lipinski definition) is 8. The lowest BCUT2D eigenvalue weighted by atomic mass is 9.86. The van der Waals surface area contributed by atoms with Crippen molar-refractivity contribution in [1.29, 1.82) is 0 Å². The van der Waals surface area contributed by atoms with E-state index in [9.17, 15) is 14.7 Å². The van der Waals surface area contributed by atoms with Crippen molar-refractivity contribution >= 4 is 28.6 Å². The van der Waals surface area contributed by atoms with Crippen LogP contribution in [-0.2, 0) is 16.1 Å². The van der Waals surface area contributed by atoms with Crippen LogP contribution >= 0.6 is 11.8 Å². The number of hydrogen-bond donors (Lipinski definition) is 2. The Bertz CT molecular complexity index is 1180. The molecule has 0 spiro atoms. The lowest BCUT2D eigenvalue weighted by Gasteiger charge is -2.37. The van der Waals surface area contributed by atoms with Gasteiger partial charge in [0.2, 0.25) is 5.91 Å². The van der Waals surface area contributed by atoms with E-state index in [0.29, 0.717) is 35.6 Å². The van der Waals surface area contributed by atoms with E-state index < -0.39 is 10.9 Å². The minimum absolute atomic E-state index is 0.237. The summed E-state index contributed by atoms with van der Waals surface area (Å²) in [5.41, 5.74) is 4.03. The van der Waals surface area contributed by atoms with E-state index in [2.05, 4.69) is 10.5 Å². The predicted molar refractivity (Wildman–Crippen MR) is 130 cm³/mol. The molecule has 9 heteroatoms. The van der Waals surface area contributed by atoms with Crippen molar-refractivity contribution < 1.29 is 29.0 Å². The molecule has 0 aliphatic carbocycles. The lowest BCUT2D eigenvalue weighted by Crippen LogP contribution is -2.45. The van der Waals surface area contributed by atoms with Gasteiger partial charge in [0, 0.05) is 17.5 Å². The fraction of sp³-hybridized carbons (Fsp3) is 0.400. The Kier molecular flexibility index (Phi) is 6.49. The summed E-state index contributed by atoms with van der Waals surface area (Å²) in [4.78, 5) is 28.3. The van der Waals surface area contributed by atoms with Crippen molar-refractivity contribution in [3.63, 3.8) is 0 Å². The van der Waals surface area contributed by atoms with E-state index in [4.69, 9.17) is 14.3 Å². The smallest absolute Gasteiger partial charge is 0.286 e. The van der Waals surface area contributed by atoms with Gasteiger partial charge in [-0.3, -0.25) is 14.9 Å². The van der Waals surface area contributed by atoms with Crippen molar-refractivity contribution in [3.8, 4) is 17.2 Å². The highest BCUT2D eigenvalue weighted by atomic mass is 32.2. The molecule has 34 heavy (non-hydrogen) atoms. The Morgan fingerprint density at radius 2 is 1.88 bits per heavy atom. The number of thioether (sulfide) groups is 1. The third-order valence-electron chi connectivity index (χ3n) is 6.25. The zero-order valence-corrected chi connectivity index (χ0v) is 20.7. The zero-order chi connectivity index (χ0) is 24.6. The largest absolute Gasteiger partial charge is 0.507 e. The molecule has 0 saturated carbocycles. The van der Waals surface area contributed by atoms with Crippen molar-refractivity contribution in [2.24, 2.45) is 5.16 Å². The molecule has 2 unspecified atom stereocenters. The maximum Gasteiger partial charge on any atom is 0.286 e. The first-order valence-corrected chi connectivity index (χ1v) is 11.8. The molecule has 2 aromatic carbocycles. The fourth-order valence-corrected chi connectivity index (χ4v) is 5.13. The predicted octanol–water partition coefficient (Wildman–Crippen LogP) is 4.18. The quantitative estimate of drug-likeness (QED) is 0.593. The third-order valence-corrected chi connectivity index (χ3v) is 7.23. The summed E-state index contributed by atoms with van der Waals surface area (Å²) >= 11 is 1.02. The van der Waals surface area contributed by atoms with Crippen molar-refractivity contribution in [2.45, 2.75) is 51.4 Å². The van der Waals surface area contributed by atoms with E-state index in [1.165, 1.54) is 7.11 Å². The van der Waals surface area contributed by atoms with E-state index in [1.807, 2.05) is 52.0 Å². The number of rotatable bonds is 6. The molecule has 2 N–H and O–H groups in total.